The lowest BCUT2D eigenvalue weighted by molar-refractivity contribution is 0.104. The molecule has 0 aliphatic heterocycles. The van der Waals surface area contributed by atoms with Crippen LogP contribution in [0.3, 0.4) is 0 Å². The van der Waals surface area contributed by atoms with Gasteiger partial charge < -0.3 is 0 Å². The highest BCUT2D eigenvalue weighted by Gasteiger charge is 2.54. The fraction of sp³-hybridized carbons (Fsp3) is 0.0822. The highest BCUT2D eigenvalue weighted by atomic mass is 32.1. The number of carbonyl (C=O) groups excluding carboxylic acids is 1. The minimum absolute atomic E-state index is 0.0604. The van der Waals surface area contributed by atoms with Crippen molar-refractivity contribution in [2.45, 2.75) is 38.5 Å². The van der Waals surface area contributed by atoms with Gasteiger partial charge >= 0.3 is 0 Å². The van der Waals surface area contributed by atoms with Gasteiger partial charge in [-0.25, -0.2) is 0 Å². The number of ketones is 1. The number of rotatable bonds is 7. The van der Waals surface area contributed by atoms with Crippen LogP contribution >= 0.6 is 68.0 Å². The number of allylic oxidation sites excluding steroid dienone is 3. The summed E-state index contributed by atoms with van der Waals surface area (Å²) in [5.74, 6) is -0.174. The molecule has 9 heteroatoms. The fourth-order valence-corrected chi connectivity index (χ4v) is 20.6. The van der Waals surface area contributed by atoms with Gasteiger partial charge in [0.15, 0.2) is 5.78 Å². The van der Waals surface area contributed by atoms with Crippen LogP contribution in [0.4, 0.5) is 0 Å². The number of Topliss-reactive ketones (excluding diaryl/α,β-unsaturated/α-hetero) is 1. The molecule has 7 aromatic carbocycles. The first-order chi connectivity index (χ1) is 40.0. The lowest BCUT2D eigenvalue weighted by Gasteiger charge is -2.34. The predicted octanol–water partition coefficient (Wildman–Crippen LogP) is 20.9. The van der Waals surface area contributed by atoms with Crippen molar-refractivity contribution < 1.29 is 4.79 Å². The normalized spacial score (nSPS) is 14.8. The summed E-state index contributed by atoms with van der Waals surface area (Å²) in [6.07, 6.45) is 1.86. The molecule has 3 aliphatic rings. The van der Waals surface area contributed by atoms with Gasteiger partial charge in [0, 0.05) is 71.4 Å². The molecule has 0 saturated carbocycles. The van der Waals surface area contributed by atoms with Gasteiger partial charge in [-0.05, 0) is 155 Å². The van der Waals surface area contributed by atoms with E-state index < -0.39 is 10.8 Å². The van der Waals surface area contributed by atoms with E-state index in [0.29, 0.717) is 22.3 Å². The number of hydrogen-bond donors (Lipinski definition) is 0. The minimum Gasteiger partial charge on any atom is -0.289 e. The van der Waals surface area contributed by atoms with Gasteiger partial charge in [0.2, 0.25) is 0 Å². The van der Waals surface area contributed by atoms with Crippen molar-refractivity contribution in [3.05, 3.63) is 281 Å². The molecule has 3 nitrogen and oxygen atoms in total. The zero-order valence-corrected chi connectivity index (χ0v) is 49.6. The van der Waals surface area contributed by atoms with Gasteiger partial charge in [0.1, 0.15) is 17.7 Å². The summed E-state index contributed by atoms with van der Waals surface area (Å²) >= 11 is 11.1. The molecule has 13 aromatic rings. The molecule has 0 radical (unpaired) electrons. The number of fused-ring (bicyclic) bond motifs is 12. The van der Waals surface area contributed by atoms with Crippen molar-refractivity contribution in [3.63, 3.8) is 0 Å². The number of aryl methyl sites for hydroxylation is 4. The molecule has 0 spiro atoms. The van der Waals surface area contributed by atoms with Crippen LogP contribution in [0.5, 0.6) is 0 Å². The van der Waals surface area contributed by atoms with Gasteiger partial charge in [-0.15, -0.1) is 68.0 Å². The molecule has 0 N–H and O–H groups in total. The molecule has 0 fully saturated rings. The number of nitrogens with zero attached hydrogens (tertiary/aromatic N) is 2. The van der Waals surface area contributed by atoms with E-state index in [9.17, 15) is 15.3 Å². The molecule has 3 aliphatic carbocycles. The monoisotopic (exact) mass is 1160 g/mol. The molecule has 0 saturated heterocycles. The van der Waals surface area contributed by atoms with E-state index in [1.165, 1.54) is 127 Å². The van der Waals surface area contributed by atoms with Crippen LogP contribution in [0, 0.1) is 50.4 Å². The number of nitriles is 2. The molecule has 0 atom stereocenters. The van der Waals surface area contributed by atoms with E-state index in [2.05, 4.69) is 197 Å². The van der Waals surface area contributed by atoms with Crippen LogP contribution in [0.1, 0.15) is 87.6 Å². The van der Waals surface area contributed by atoms with Crippen LogP contribution in [-0.4, -0.2) is 5.78 Å². The Labute approximate surface area is 498 Å². The molecular weight excluding hydrogens is 1110 g/mol. The lowest BCUT2D eigenvalue weighted by Crippen LogP contribution is -2.29. The molecule has 6 aromatic heterocycles. The molecule has 388 valence electrons. The van der Waals surface area contributed by atoms with Crippen molar-refractivity contribution in [3.8, 4) is 52.5 Å². The Morgan fingerprint density at radius 3 is 1.37 bits per heavy atom. The van der Waals surface area contributed by atoms with Gasteiger partial charge in [-0.2, -0.15) is 10.5 Å². The van der Waals surface area contributed by atoms with E-state index in [4.69, 9.17) is 0 Å². The van der Waals surface area contributed by atoms with Crippen LogP contribution in [0.25, 0.3) is 81.6 Å². The zero-order valence-electron chi connectivity index (χ0n) is 44.7. The summed E-state index contributed by atoms with van der Waals surface area (Å²) in [5.41, 5.74) is 18.6. The third-order valence-corrected chi connectivity index (χ3v) is 24.3. The second-order valence-corrected chi connectivity index (χ2v) is 28.2. The standard InChI is InChI=1S/C73H44N2OS6/c1-39-11-19-46(20-12-39)72(47-21-13-40(2)14-22-47)56-30-43-32-62(58-10-7-29-77-58)79-60(43)35-53(56)68-65(72)70-71(81-68)66-69(82-70)54-36-61-44(31-57(54)73(66,48-23-15-41(3)16-24-48)49-25-17-42(4)18-26-49)33-63(80-61)59-28-27-50(78-59)34-55-64(45(37-74)38-75)51-8-5-6-9-52(51)67(55)76/h5-36H,1-4H3/b55-34-. The molecular formula is C73H44N2OS6. The van der Waals surface area contributed by atoms with Crippen molar-refractivity contribution >= 4 is 115 Å². The van der Waals surface area contributed by atoms with E-state index in [-0.39, 0.29) is 11.4 Å². The van der Waals surface area contributed by atoms with Crippen molar-refractivity contribution in [1.82, 2.24) is 0 Å². The smallest absolute Gasteiger partial charge is 0.194 e. The highest BCUT2D eigenvalue weighted by Crippen LogP contribution is 2.69. The lowest BCUT2D eigenvalue weighted by atomic mass is 9.66. The number of thiophene rings is 6. The SMILES string of the molecule is Cc1ccc(C2(c3ccc(C)cc3)c3cc4cc(-c5cccs5)sc4cc3-c3sc4c5c(sc4c32)-c2cc3sc(-c4ccc(/C=C6\C(=O)c7ccccc7C6=C(C#N)C#N)s4)cc3cc2C5(c2ccc(C)cc2)c2ccc(C)cc2)cc1. The van der Waals surface area contributed by atoms with Crippen LogP contribution in [-0.2, 0) is 10.8 Å². The number of carbonyl (C=O) groups is 1. The molecule has 0 amide bonds. The quantitative estimate of drug-likeness (QED) is 0.118. The Balaban J connectivity index is 0.947. The molecule has 0 unspecified atom stereocenters. The third-order valence-electron chi connectivity index (χ3n) is 17.2. The van der Waals surface area contributed by atoms with E-state index in [1.807, 2.05) is 64.4 Å². The first-order valence-corrected chi connectivity index (χ1v) is 32.1. The van der Waals surface area contributed by atoms with Crippen molar-refractivity contribution in [2.75, 3.05) is 0 Å². The number of benzene rings is 7. The molecule has 82 heavy (non-hydrogen) atoms. The van der Waals surface area contributed by atoms with E-state index in [1.54, 1.807) is 40.1 Å². The van der Waals surface area contributed by atoms with Gasteiger partial charge in [0.05, 0.1) is 20.2 Å². The number of hydrogen-bond acceptors (Lipinski definition) is 9. The first-order valence-electron chi connectivity index (χ1n) is 27.2. The Bertz CT molecular complexity index is 4930. The Kier molecular flexibility index (Phi) is 11.1. The maximum absolute atomic E-state index is 13.9. The topological polar surface area (TPSA) is 64.7 Å². The van der Waals surface area contributed by atoms with Gasteiger partial charge in [-0.3, -0.25) is 4.79 Å². The fourth-order valence-electron chi connectivity index (χ4n) is 13.4. The van der Waals surface area contributed by atoms with Crippen molar-refractivity contribution in [1.29, 1.82) is 10.5 Å². The summed E-state index contributed by atoms with van der Waals surface area (Å²) in [7, 11) is 0. The minimum atomic E-state index is -0.656. The van der Waals surface area contributed by atoms with Crippen LogP contribution in [0.15, 0.2) is 199 Å². The third kappa shape index (κ3) is 6.96. The predicted molar refractivity (Wildman–Crippen MR) is 348 cm³/mol. The summed E-state index contributed by atoms with van der Waals surface area (Å²) < 4.78 is 5.22. The first kappa shape index (κ1) is 49.5. The summed E-state index contributed by atoms with van der Waals surface area (Å²) in [5, 5.41) is 24.7. The second kappa shape index (κ2) is 18.3. The Hall–Kier alpha value is -8.35. The zero-order chi connectivity index (χ0) is 55.3. The second-order valence-electron chi connectivity index (χ2n) is 21.9. The Morgan fingerprint density at radius 1 is 0.451 bits per heavy atom. The van der Waals surface area contributed by atoms with Crippen LogP contribution < -0.4 is 0 Å². The van der Waals surface area contributed by atoms with E-state index in [0.717, 1.165) is 14.6 Å². The molecule has 16 rings (SSSR count). The maximum Gasteiger partial charge on any atom is 0.194 e. The summed E-state index contributed by atoms with van der Waals surface area (Å²) in [6.45, 7) is 8.75. The van der Waals surface area contributed by atoms with Crippen molar-refractivity contribution in [2.24, 2.45) is 0 Å². The highest BCUT2D eigenvalue weighted by molar-refractivity contribution is 7.32. The summed E-state index contributed by atoms with van der Waals surface area (Å²) in [4.78, 5) is 22.3. The van der Waals surface area contributed by atoms with E-state index >= 15 is 0 Å². The Morgan fingerprint density at radius 2 is 0.915 bits per heavy atom. The average molecular weight is 1160 g/mol. The molecule has 0 bridgehead atoms. The maximum atomic E-state index is 13.9. The molecule has 6 heterocycles. The largest absolute Gasteiger partial charge is 0.289 e. The van der Waals surface area contributed by atoms with Gasteiger partial charge in [0.25, 0.3) is 0 Å². The average Bonchev–Trinajstić information content (AvgIpc) is 1.61. The van der Waals surface area contributed by atoms with Crippen LogP contribution in [0.2, 0.25) is 0 Å². The van der Waals surface area contributed by atoms with Gasteiger partial charge in [-0.1, -0.05) is 150 Å². The summed E-state index contributed by atoms with van der Waals surface area (Å²) in [6, 6.07) is 72.2.